The van der Waals surface area contributed by atoms with Gasteiger partial charge in [-0.2, -0.15) is 0 Å². The zero-order valence-corrected chi connectivity index (χ0v) is 10.9. The Kier molecular flexibility index (Phi) is 4.04. The summed E-state index contributed by atoms with van der Waals surface area (Å²) in [5, 5.41) is 12.0. The lowest BCUT2D eigenvalue weighted by molar-refractivity contribution is -0.138. The van der Waals surface area contributed by atoms with Gasteiger partial charge in [0.05, 0.1) is 0 Å². The van der Waals surface area contributed by atoms with Crippen LogP contribution in [0.25, 0.3) is 0 Å². The van der Waals surface area contributed by atoms with E-state index in [2.05, 4.69) is 5.32 Å². The molecule has 1 atom stereocenters. The van der Waals surface area contributed by atoms with E-state index < -0.39 is 12.0 Å². The second kappa shape index (κ2) is 5.73. The van der Waals surface area contributed by atoms with Crippen molar-refractivity contribution < 1.29 is 14.7 Å². The average molecular weight is 262 g/mol. The van der Waals surface area contributed by atoms with Crippen LogP contribution in [0, 0.1) is 0 Å². The number of aliphatic carboxylic acids is 1. The summed E-state index contributed by atoms with van der Waals surface area (Å²) in [6.07, 6.45) is 0.812. The summed E-state index contributed by atoms with van der Waals surface area (Å²) in [7, 11) is 0. The van der Waals surface area contributed by atoms with E-state index in [0.29, 0.717) is 25.9 Å². The van der Waals surface area contributed by atoms with Crippen LogP contribution in [0.4, 0.5) is 5.69 Å². The maximum absolute atomic E-state index is 11.5. The maximum atomic E-state index is 11.5. The summed E-state index contributed by atoms with van der Waals surface area (Å²) < 4.78 is 0. The molecule has 5 heteroatoms. The molecular weight excluding hydrogens is 244 g/mol. The molecule has 2 N–H and O–H groups in total. The van der Waals surface area contributed by atoms with Crippen LogP contribution in [0.5, 0.6) is 0 Å². The summed E-state index contributed by atoms with van der Waals surface area (Å²) in [6.45, 7) is 2.89. The van der Waals surface area contributed by atoms with Gasteiger partial charge in [-0.15, -0.1) is 0 Å². The molecule has 0 saturated heterocycles. The minimum absolute atomic E-state index is 0.0454. The van der Waals surface area contributed by atoms with E-state index in [1.807, 2.05) is 36.1 Å². The van der Waals surface area contributed by atoms with Crippen molar-refractivity contribution in [3.05, 3.63) is 29.8 Å². The third kappa shape index (κ3) is 2.86. The molecule has 5 nitrogen and oxygen atoms in total. The first-order valence-electron chi connectivity index (χ1n) is 6.47. The molecule has 2 rings (SSSR count). The molecule has 0 bridgehead atoms. The lowest BCUT2D eigenvalue weighted by atomic mass is 10.1. The van der Waals surface area contributed by atoms with Crippen molar-refractivity contribution >= 4 is 17.6 Å². The van der Waals surface area contributed by atoms with E-state index in [-0.39, 0.29) is 5.91 Å². The van der Waals surface area contributed by atoms with Crippen LogP contribution in [-0.4, -0.2) is 36.1 Å². The highest BCUT2D eigenvalue weighted by Gasteiger charge is 2.33. The van der Waals surface area contributed by atoms with Crippen LogP contribution in [0.3, 0.4) is 0 Å². The predicted octanol–water partition coefficient (Wildman–Crippen LogP) is 1.03. The second-order valence-electron chi connectivity index (χ2n) is 4.58. The predicted molar refractivity (Wildman–Crippen MR) is 72.2 cm³/mol. The topological polar surface area (TPSA) is 69.6 Å². The molecule has 1 aliphatic heterocycles. The Morgan fingerprint density at radius 1 is 1.42 bits per heavy atom. The number of carboxylic acid groups (broad SMARTS) is 1. The molecule has 0 radical (unpaired) electrons. The highest BCUT2D eigenvalue weighted by Crippen LogP contribution is 2.32. The number of benzene rings is 1. The molecule has 1 aliphatic rings. The van der Waals surface area contributed by atoms with Crippen LogP contribution >= 0.6 is 0 Å². The molecular formula is C14H18N2O3. The van der Waals surface area contributed by atoms with Gasteiger partial charge in [-0.3, -0.25) is 4.79 Å². The Balaban J connectivity index is 2.11. The smallest absolute Gasteiger partial charge is 0.326 e. The number of nitrogens with zero attached hydrogens (tertiary/aromatic N) is 1. The number of carbonyl (C=O) groups is 2. The van der Waals surface area contributed by atoms with Crippen LogP contribution in [0.2, 0.25) is 0 Å². The zero-order chi connectivity index (χ0) is 13.8. The number of para-hydroxylation sites is 1. The van der Waals surface area contributed by atoms with E-state index in [9.17, 15) is 14.7 Å². The molecule has 0 saturated carbocycles. The van der Waals surface area contributed by atoms with Crippen molar-refractivity contribution in [3.63, 3.8) is 0 Å². The summed E-state index contributed by atoms with van der Waals surface area (Å²) >= 11 is 0. The maximum Gasteiger partial charge on any atom is 0.326 e. The van der Waals surface area contributed by atoms with E-state index in [1.165, 1.54) is 0 Å². The van der Waals surface area contributed by atoms with Gasteiger partial charge < -0.3 is 15.3 Å². The van der Waals surface area contributed by atoms with Gasteiger partial charge in [-0.05, 0) is 18.6 Å². The van der Waals surface area contributed by atoms with E-state index in [0.717, 1.165) is 11.3 Å². The minimum atomic E-state index is -0.841. The van der Waals surface area contributed by atoms with Crippen LogP contribution < -0.4 is 10.2 Å². The lowest BCUT2D eigenvalue weighted by Crippen LogP contribution is -2.40. The number of amides is 1. The van der Waals surface area contributed by atoms with Gasteiger partial charge in [-0.25, -0.2) is 4.79 Å². The van der Waals surface area contributed by atoms with E-state index >= 15 is 0 Å². The molecule has 0 aliphatic carbocycles. The van der Waals surface area contributed by atoms with Gasteiger partial charge >= 0.3 is 5.97 Å². The highest BCUT2D eigenvalue weighted by molar-refractivity contribution is 5.83. The van der Waals surface area contributed by atoms with Crippen LogP contribution in [0.1, 0.15) is 18.9 Å². The zero-order valence-electron chi connectivity index (χ0n) is 10.9. The summed E-state index contributed by atoms with van der Waals surface area (Å²) in [5.41, 5.74) is 1.96. The van der Waals surface area contributed by atoms with Crippen molar-refractivity contribution in [1.29, 1.82) is 0 Å². The van der Waals surface area contributed by atoms with Crippen molar-refractivity contribution in [2.45, 2.75) is 25.8 Å². The molecule has 102 valence electrons. The van der Waals surface area contributed by atoms with Gasteiger partial charge in [0.1, 0.15) is 6.04 Å². The number of hydrogen-bond acceptors (Lipinski definition) is 3. The molecule has 1 aromatic rings. The Bertz CT molecular complexity index is 487. The first kappa shape index (κ1) is 13.4. The molecule has 0 spiro atoms. The Morgan fingerprint density at radius 2 is 2.16 bits per heavy atom. The standard InChI is InChI=1S/C14H18N2O3/c1-2-15-13(17)7-8-16-11-6-4-3-5-10(11)9-12(16)14(18)19/h3-6,12H,2,7-9H2,1H3,(H,15,17)(H,18,19). The van der Waals surface area contributed by atoms with Gasteiger partial charge in [-0.1, -0.05) is 18.2 Å². The first-order valence-corrected chi connectivity index (χ1v) is 6.47. The summed E-state index contributed by atoms with van der Waals surface area (Å²) in [6, 6.07) is 7.09. The van der Waals surface area contributed by atoms with Crippen molar-refractivity contribution in [3.8, 4) is 0 Å². The van der Waals surface area contributed by atoms with Gasteiger partial charge in [0.25, 0.3) is 0 Å². The van der Waals surface area contributed by atoms with Crippen LogP contribution in [0.15, 0.2) is 24.3 Å². The van der Waals surface area contributed by atoms with Crippen LogP contribution in [-0.2, 0) is 16.0 Å². The Morgan fingerprint density at radius 3 is 2.84 bits per heavy atom. The Labute approximate surface area is 112 Å². The van der Waals surface area contributed by atoms with Crippen molar-refractivity contribution in [2.75, 3.05) is 18.0 Å². The fourth-order valence-electron chi connectivity index (χ4n) is 2.45. The van der Waals surface area contributed by atoms with E-state index in [1.54, 1.807) is 0 Å². The molecule has 1 unspecified atom stereocenters. The lowest BCUT2D eigenvalue weighted by Gasteiger charge is -2.24. The number of rotatable bonds is 5. The number of hydrogen-bond donors (Lipinski definition) is 2. The SMILES string of the molecule is CCNC(=O)CCN1c2ccccc2CC1C(=O)O. The average Bonchev–Trinajstić information content (AvgIpc) is 2.75. The molecule has 1 heterocycles. The fourth-order valence-corrected chi connectivity index (χ4v) is 2.45. The number of nitrogens with one attached hydrogen (secondary N) is 1. The third-order valence-corrected chi connectivity index (χ3v) is 3.33. The van der Waals surface area contributed by atoms with Crippen molar-refractivity contribution in [2.24, 2.45) is 0 Å². The molecule has 1 amide bonds. The number of anilines is 1. The number of carbonyl (C=O) groups excluding carboxylic acids is 1. The molecule has 0 fully saturated rings. The third-order valence-electron chi connectivity index (χ3n) is 3.33. The monoisotopic (exact) mass is 262 g/mol. The largest absolute Gasteiger partial charge is 0.480 e. The second-order valence-corrected chi connectivity index (χ2v) is 4.58. The minimum Gasteiger partial charge on any atom is -0.480 e. The van der Waals surface area contributed by atoms with Gasteiger partial charge in [0, 0.05) is 31.6 Å². The Hall–Kier alpha value is -2.04. The fraction of sp³-hybridized carbons (Fsp3) is 0.429. The first-order chi connectivity index (χ1) is 9.13. The molecule has 1 aromatic carbocycles. The molecule has 0 aromatic heterocycles. The summed E-state index contributed by atoms with van der Waals surface area (Å²) in [4.78, 5) is 24.6. The van der Waals surface area contributed by atoms with Gasteiger partial charge in [0.2, 0.25) is 5.91 Å². The normalized spacial score (nSPS) is 17.1. The highest BCUT2D eigenvalue weighted by atomic mass is 16.4. The molecule has 19 heavy (non-hydrogen) atoms. The van der Waals surface area contributed by atoms with E-state index in [4.69, 9.17) is 0 Å². The number of carboxylic acids is 1. The summed E-state index contributed by atoms with van der Waals surface area (Å²) in [5.74, 6) is -0.886. The van der Waals surface area contributed by atoms with Crippen molar-refractivity contribution in [1.82, 2.24) is 5.32 Å². The quantitative estimate of drug-likeness (QED) is 0.831. The number of fused-ring (bicyclic) bond motifs is 1. The van der Waals surface area contributed by atoms with Gasteiger partial charge in [0.15, 0.2) is 0 Å².